The van der Waals surface area contributed by atoms with Gasteiger partial charge in [0.1, 0.15) is 0 Å². The second-order valence-electron chi connectivity index (χ2n) is 5.96. The van der Waals surface area contributed by atoms with E-state index in [-0.39, 0.29) is 5.54 Å². The predicted octanol–water partition coefficient (Wildman–Crippen LogP) is 4.27. The Hall–Kier alpha value is -1.07. The number of benzene rings is 1. The van der Waals surface area contributed by atoms with E-state index in [0.717, 1.165) is 43.4 Å². The third-order valence-corrected chi connectivity index (χ3v) is 4.04. The predicted molar refractivity (Wildman–Crippen MR) is 75.7 cm³/mol. The monoisotopic (exact) mass is 301 g/mol. The maximum absolute atomic E-state index is 12.5. The van der Waals surface area contributed by atoms with E-state index in [1.807, 2.05) is 0 Å². The molecule has 0 aliphatic heterocycles. The lowest BCUT2D eigenvalue weighted by atomic mass is 9.92. The van der Waals surface area contributed by atoms with Gasteiger partial charge in [0, 0.05) is 5.54 Å². The molecule has 1 saturated carbocycles. The third-order valence-electron chi connectivity index (χ3n) is 4.04. The fraction of sp³-hybridized carbons (Fsp3) is 0.625. The summed E-state index contributed by atoms with van der Waals surface area (Å²) in [5, 5.41) is 0. The van der Waals surface area contributed by atoms with Crippen LogP contribution in [0.4, 0.5) is 13.2 Å². The van der Waals surface area contributed by atoms with Crippen LogP contribution in [0.15, 0.2) is 24.3 Å². The number of alkyl halides is 3. The van der Waals surface area contributed by atoms with E-state index >= 15 is 0 Å². The Balaban J connectivity index is 1.83. The van der Waals surface area contributed by atoms with E-state index in [4.69, 9.17) is 10.5 Å². The van der Waals surface area contributed by atoms with Gasteiger partial charge in [0.2, 0.25) is 0 Å². The summed E-state index contributed by atoms with van der Waals surface area (Å²) in [4.78, 5) is 0. The number of rotatable bonds is 4. The molecule has 5 heteroatoms. The summed E-state index contributed by atoms with van der Waals surface area (Å²) in [6, 6.07) is 5.09. The van der Waals surface area contributed by atoms with Crippen molar-refractivity contribution in [2.24, 2.45) is 5.73 Å². The van der Waals surface area contributed by atoms with Crippen molar-refractivity contribution >= 4 is 0 Å². The molecule has 1 fully saturated rings. The van der Waals surface area contributed by atoms with E-state index in [1.54, 1.807) is 0 Å². The molecule has 0 aromatic heterocycles. The number of halogens is 3. The number of hydrogen-bond acceptors (Lipinski definition) is 2. The molecule has 1 aliphatic rings. The summed E-state index contributed by atoms with van der Waals surface area (Å²) in [6.07, 6.45) is 2.32. The first-order valence-electron chi connectivity index (χ1n) is 7.42. The van der Waals surface area contributed by atoms with Gasteiger partial charge in [-0.2, -0.15) is 13.2 Å². The standard InChI is InChI=1S/C16H22F3NO/c17-16(18,19)14-7-5-13(6-8-14)11-21-12-15(20)9-3-1-2-4-10-15/h5-8H,1-4,9-12,20H2. The molecule has 0 amide bonds. The largest absolute Gasteiger partial charge is 0.416 e. The molecule has 1 aromatic rings. The number of ether oxygens (including phenoxy) is 1. The Morgan fingerprint density at radius 2 is 1.57 bits per heavy atom. The van der Waals surface area contributed by atoms with Gasteiger partial charge in [-0.05, 0) is 30.5 Å². The molecular formula is C16H22F3NO. The fourth-order valence-electron chi connectivity index (χ4n) is 2.74. The second kappa shape index (κ2) is 6.79. The highest BCUT2D eigenvalue weighted by Crippen LogP contribution is 2.29. The Kier molecular flexibility index (Phi) is 5.27. The molecule has 0 saturated heterocycles. The van der Waals surface area contributed by atoms with Gasteiger partial charge in [-0.3, -0.25) is 0 Å². The molecule has 2 N–H and O–H groups in total. The van der Waals surface area contributed by atoms with Crippen molar-refractivity contribution in [2.75, 3.05) is 6.61 Å². The zero-order chi connectivity index (χ0) is 15.3. The minimum absolute atomic E-state index is 0.275. The SMILES string of the molecule is NC1(COCc2ccc(C(F)(F)F)cc2)CCCCCC1. The Morgan fingerprint density at radius 3 is 2.10 bits per heavy atom. The highest BCUT2D eigenvalue weighted by molar-refractivity contribution is 5.24. The summed E-state index contributed by atoms with van der Waals surface area (Å²) < 4.78 is 43.0. The minimum Gasteiger partial charge on any atom is -0.375 e. The number of nitrogens with two attached hydrogens (primary N) is 1. The van der Waals surface area contributed by atoms with Gasteiger partial charge in [-0.15, -0.1) is 0 Å². The van der Waals surface area contributed by atoms with Crippen molar-refractivity contribution in [1.82, 2.24) is 0 Å². The molecule has 1 aromatic carbocycles. The van der Waals surface area contributed by atoms with Crippen molar-refractivity contribution in [3.63, 3.8) is 0 Å². The van der Waals surface area contributed by atoms with Crippen molar-refractivity contribution in [2.45, 2.75) is 56.8 Å². The van der Waals surface area contributed by atoms with E-state index in [9.17, 15) is 13.2 Å². The highest BCUT2D eigenvalue weighted by atomic mass is 19.4. The fourth-order valence-corrected chi connectivity index (χ4v) is 2.74. The van der Waals surface area contributed by atoms with Gasteiger partial charge < -0.3 is 10.5 Å². The van der Waals surface area contributed by atoms with Crippen molar-refractivity contribution in [3.05, 3.63) is 35.4 Å². The van der Waals surface area contributed by atoms with Gasteiger partial charge in [-0.25, -0.2) is 0 Å². The van der Waals surface area contributed by atoms with Crippen LogP contribution >= 0.6 is 0 Å². The minimum atomic E-state index is -4.29. The van der Waals surface area contributed by atoms with Crippen LogP contribution in [0.2, 0.25) is 0 Å². The van der Waals surface area contributed by atoms with Gasteiger partial charge >= 0.3 is 6.18 Å². The molecule has 0 spiro atoms. The average Bonchev–Trinajstić information content (AvgIpc) is 2.63. The first kappa shape index (κ1) is 16.3. The van der Waals surface area contributed by atoms with Crippen LogP contribution in [-0.4, -0.2) is 12.1 Å². The molecular weight excluding hydrogens is 279 g/mol. The summed E-state index contributed by atoms with van der Waals surface area (Å²) in [5.74, 6) is 0. The molecule has 21 heavy (non-hydrogen) atoms. The lowest BCUT2D eigenvalue weighted by Gasteiger charge is -2.27. The van der Waals surface area contributed by atoms with Gasteiger partial charge in [0.15, 0.2) is 0 Å². The van der Waals surface area contributed by atoms with Gasteiger partial charge in [0.05, 0.1) is 18.8 Å². The lowest BCUT2D eigenvalue weighted by Crippen LogP contribution is -2.43. The first-order valence-corrected chi connectivity index (χ1v) is 7.42. The molecule has 0 bridgehead atoms. The molecule has 0 heterocycles. The van der Waals surface area contributed by atoms with Crippen LogP contribution in [0, 0.1) is 0 Å². The average molecular weight is 301 g/mol. The van der Waals surface area contributed by atoms with Crippen molar-refractivity contribution in [1.29, 1.82) is 0 Å². The molecule has 0 atom stereocenters. The molecule has 1 aliphatic carbocycles. The van der Waals surface area contributed by atoms with Crippen LogP contribution < -0.4 is 5.73 Å². The number of hydrogen-bond donors (Lipinski definition) is 1. The molecule has 0 unspecified atom stereocenters. The van der Waals surface area contributed by atoms with Crippen molar-refractivity contribution in [3.8, 4) is 0 Å². The van der Waals surface area contributed by atoms with Crippen LogP contribution in [0.25, 0.3) is 0 Å². The van der Waals surface area contributed by atoms with E-state index in [2.05, 4.69) is 0 Å². The Morgan fingerprint density at radius 1 is 1.00 bits per heavy atom. The zero-order valence-corrected chi connectivity index (χ0v) is 12.1. The molecule has 0 radical (unpaired) electrons. The van der Waals surface area contributed by atoms with Crippen LogP contribution in [0.5, 0.6) is 0 Å². The second-order valence-corrected chi connectivity index (χ2v) is 5.96. The van der Waals surface area contributed by atoms with Gasteiger partial charge in [-0.1, -0.05) is 37.8 Å². The summed E-state index contributed by atoms with van der Waals surface area (Å²) in [7, 11) is 0. The highest BCUT2D eigenvalue weighted by Gasteiger charge is 2.30. The molecule has 2 rings (SSSR count). The van der Waals surface area contributed by atoms with E-state index < -0.39 is 11.7 Å². The maximum atomic E-state index is 12.5. The lowest BCUT2D eigenvalue weighted by molar-refractivity contribution is -0.137. The molecule has 2 nitrogen and oxygen atoms in total. The third kappa shape index (κ3) is 5.00. The summed E-state index contributed by atoms with van der Waals surface area (Å²) in [5.41, 5.74) is 6.16. The Labute approximate surface area is 123 Å². The van der Waals surface area contributed by atoms with Crippen LogP contribution in [-0.2, 0) is 17.5 Å². The Bertz CT molecular complexity index is 434. The van der Waals surface area contributed by atoms with Gasteiger partial charge in [0.25, 0.3) is 0 Å². The first-order chi connectivity index (χ1) is 9.89. The van der Waals surface area contributed by atoms with Crippen LogP contribution in [0.3, 0.4) is 0 Å². The summed E-state index contributed by atoms with van der Waals surface area (Å²) in [6.45, 7) is 0.769. The topological polar surface area (TPSA) is 35.2 Å². The molecule has 118 valence electrons. The zero-order valence-electron chi connectivity index (χ0n) is 12.1. The normalized spacial score (nSPS) is 19.2. The smallest absolute Gasteiger partial charge is 0.375 e. The van der Waals surface area contributed by atoms with Crippen molar-refractivity contribution < 1.29 is 17.9 Å². The van der Waals surface area contributed by atoms with E-state index in [0.29, 0.717) is 13.2 Å². The van der Waals surface area contributed by atoms with Crippen LogP contribution in [0.1, 0.15) is 49.7 Å². The maximum Gasteiger partial charge on any atom is 0.416 e. The van der Waals surface area contributed by atoms with E-state index in [1.165, 1.54) is 25.0 Å². The quantitative estimate of drug-likeness (QED) is 0.843. The summed E-state index contributed by atoms with van der Waals surface area (Å²) >= 11 is 0.